The molecule has 0 heterocycles. The lowest BCUT2D eigenvalue weighted by Gasteiger charge is -2.10. The van der Waals surface area contributed by atoms with E-state index in [-0.39, 0.29) is 16.0 Å². The summed E-state index contributed by atoms with van der Waals surface area (Å²) in [5.74, 6) is -0.743. The molecule has 0 N–H and O–H groups in total. The van der Waals surface area contributed by atoms with Gasteiger partial charge in [-0.2, -0.15) is 18.4 Å². The van der Waals surface area contributed by atoms with Gasteiger partial charge in [0.1, 0.15) is 6.07 Å². The number of benzene rings is 1. The number of esters is 1. The molecule has 0 saturated heterocycles. The smallest absolute Gasteiger partial charge is 0.446 e. The molecule has 1 aromatic carbocycles. The fraction of sp³-hybridized carbons (Fsp3) is 0.200. The number of carbonyl (C=O) groups excluding carboxylic acids is 1. The van der Waals surface area contributed by atoms with Crippen molar-refractivity contribution in [2.45, 2.75) is 10.4 Å². The van der Waals surface area contributed by atoms with Crippen LogP contribution in [0.3, 0.4) is 0 Å². The molecule has 18 heavy (non-hydrogen) atoms. The van der Waals surface area contributed by atoms with Crippen LogP contribution in [0.2, 0.25) is 0 Å². The standard InChI is InChI=1S/C10H5F3INO2S/c1-17-9(16)6-3-8(18-10(11,12)13)5(4-15)2-7(6)14/h2-3H,1H3. The second-order valence-electron chi connectivity index (χ2n) is 2.98. The highest BCUT2D eigenvalue weighted by molar-refractivity contribution is 14.1. The van der Waals surface area contributed by atoms with Crippen molar-refractivity contribution in [2.24, 2.45) is 0 Å². The van der Waals surface area contributed by atoms with E-state index in [0.29, 0.717) is 3.57 Å². The van der Waals surface area contributed by atoms with Crippen LogP contribution in [-0.4, -0.2) is 18.6 Å². The molecule has 0 aliphatic rings. The zero-order valence-corrected chi connectivity index (χ0v) is 11.8. The van der Waals surface area contributed by atoms with Crippen LogP contribution in [-0.2, 0) is 4.74 Å². The van der Waals surface area contributed by atoms with Crippen LogP contribution >= 0.6 is 34.4 Å². The summed E-state index contributed by atoms with van der Waals surface area (Å²) in [5.41, 5.74) is -4.65. The van der Waals surface area contributed by atoms with Crippen molar-refractivity contribution in [1.82, 2.24) is 0 Å². The summed E-state index contributed by atoms with van der Waals surface area (Å²) in [7, 11) is 1.13. The SMILES string of the molecule is COC(=O)c1cc(SC(F)(F)F)c(C#N)cc1I. The normalized spacial score (nSPS) is 10.9. The number of alkyl halides is 3. The Labute approximate surface area is 118 Å². The number of nitrogens with zero attached hydrogens (tertiary/aromatic N) is 1. The third kappa shape index (κ3) is 3.78. The number of nitriles is 1. The summed E-state index contributed by atoms with van der Waals surface area (Å²) in [4.78, 5) is 11.0. The summed E-state index contributed by atoms with van der Waals surface area (Å²) in [5, 5.41) is 8.78. The van der Waals surface area contributed by atoms with Crippen molar-refractivity contribution in [3.63, 3.8) is 0 Å². The monoisotopic (exact) mass is 387 g/mol. The van der Waals surface area contributed by atoms with Gasteiger partial charge in [0.2, 0.25) is 0 Å². The molecule has 0 aliphatic heterocycles. The molecular formula is C10H5F3INO2S. The van der Waals surface area contributed by atoms with Crippen LogP contribution in [0.4, 0.5) is 13.2 Å². The van der Waals surface area contributed by atoms with Crippen molar-refractivity contribution in [2.75, 3.05) is 7.11 Å². The molecule has 0 saturated carbocycles. The summed E-state index contributed by atoms with van der Waals surface area (Å²) in [6.07, 6.45) is 0. The van der Waals surface area contributed by atoms with Crippen LogP contribution < -0.4 is 0 Å². The van der Waals surface area contributed by atoms with Crippen molar-refractivity contribution in [3.05, 3.63) is 26.8 Å². The maximum Gasteiger partial charge on any atom is 0.446 e. The molecule has 0 atom stereocenters. The Bertz CT molecular complexity index is 525. The Hall–Kier alpha value is -0.950. The van der Waals surface area contributed by atoms with Gasteiger partial charge in [0.05, 0.1) is 18.2 Å². The summed E-state index contributed by atoms with van der Waals surface area (Å²) in [6.45, 7) is 0. The second kappa shape index (κ2) is 5.79. The summed E-state index contributed by atoms with van der Waals surface area (Å²) in [6, 6.07) is 3.91. The second-order valence-corrected chi connectivity index (χ2v) is 5.25. The largest absolute Gasteiger partial charge is 0.465 e. The first-order valence-corrected chi connectivity index (χ1v) is 6.25. The molecule has 0 aliphatic carbocycles. The van der Waals surface area contributed by atoms with E-state index in [1.807, 2.05) is 0 Å². The van der Waals surface area contributed by atoms with E-state index in [9.17, 15) is 18.0 Å². The molecule has 0 spiro atoms. The van der Waals surface area contributed by atoms with Crippen LogP contribution in [0.25, 0.3) is 0 Å². The van der Waals surface area contributed by atoms with E-state index >= 15 is 0 Å². The Balaban J connectivity index is 3.32. The first-order valence-electron chi connectivity index (χ1n) is 4.36. The molecule has 0 bridgehead atoms. The highest BCUT2D eigenvalue weighted by atomic mass is 127. The zero-order chi connectivity index (χ0) is 13.9. The van der Waals surface area contributed by atoms with Crippen LogP contribution in [0.1, 0.15) is 15.9 Å². The molecule has 0 fully saturated rings. The minimum atomic E-state index is -4.52. The van der Waals surface area contributed by atoms with Crippen LogP contribution in [0, 0.1) is 14.9 Å². The highest BCUT2D eigenvalue weighted by Crippen LogP contribution is 2.39. The maximum atomic E-state index is 12.3. The lowest BCUT2D eigenvalue weighted by molar-refractivity contribution is -0.0328. The number of carbonyl (C=O) groups is 1. The predicted octanol–water partition coefficient (Wildman–Crippen LogP) is 3.56. The van der Waals surface area contributed by atoms with E-state index in [1.54, 1.807) is 28.7 Å². The third-order valence-electron chi connectivity index (χ3n) is 1.82. The van der Waals surface area contributed by atoms with E-state index < -0.39 is 23.2 Å². The van der Waals surface area contributed by atoms with Crippen LogP contribution in [0.15, 0.2) is 17.0 Å². The van der Waals surface area contributed by atoms with Gasteiger partial charge >= 0.3 is 11.5 Å². The molecule has 1 aromatic rings. The Kier molecular flexibility index (Phi) is 4.86. The zero-order valence-electron chi connectivity index (χ0n) is 8.84. The molecular weight excluding hydrogens is 382 g/mol. The molecule has 0 amide bonds. The topological polar surface area (TPSA) is 50.1 Å². The average Bonchev–Trinajstić information content (AvgIpc) is 2.28. The number of thioether (sulfide) groups is 1. The summed E-state index contributed by atoms with van der Waals surface area (Å²) >= 11 is 1.33. The third-order valence-corrected chi connectivity index (χ3v) is 3.50. The van der Waals surface area contributed by atoms with Gasteiger partial charge in [-0.05, 0) is 46.5 Å². The Morgan fingerprint density at radius 3 is 2.56 bits per heavy atom. The number of methoxy groups -OCH3 is 1. The Morgan fingerprint density at radius 1 is 1.50 bits per heavy atom. The minimum Gasteiger partial charge on any atom is -0.465 e. The lowest BCUT2D eigenvalue weighted by atomic mass is 10.1. The van der Waals surface area contributed by atoms with Gasteiger partial charge in [0, 0.05) is 8.47 Å². The van der Waals surface area contributed by atoms with Crippen molar-refractivity contribution in [3.8, 4) is 6.07 Å². The molecule has 1 rings (SSSR count). The summed E-state index contributed by atoms with van der Waals surface area (Å²) < 4.78 is 41.7. The number of hydrogen-bond donors (Lipinski definition) is 0. The first kappa shape index (κ1) is 15.1. The highest BCUT2D eigenvalue weighted by Gasteiger charge is 2.31. The van der Waals surface area contributed by atoms with E-state index in [4.69, 9.17) is 5.26 Å². The van der Waals surface area contributed by atoms with E-state index in [0.717, 1.165) is 13.2 Å². The quantitative estimate of drug-likeness (QED) is 0.443. The van der Waals surface area contributed by atoms with Crippen molar-refractivity contribution >= 4 is 40.3 Å². The van der Waals surface area contributed by atoms with Gasteiger partial charge in [-0.3, -0.25) is 0 Å². The van der Waals surface area contributed by atoms with Gasteiger partial charge in [-0.25, -0.2) is 4.79 Å². The molecule has 0 unspecified atom stereocenters. The first-order chi connectivity index (χ1) is 8.28. The molecule has 0 aromatic heterocycles. The van der Waals surface area contributed by atoms with Gasteiger partial charge in [-0.1, -0.05) is 0 Å². The molecule has 3 nitrogen and oxygen atoms in total. The maximum absolute atomic E-state index is 12.3. The minimum absolute atomic E-state index is 0.00356. The van der Waals surface area contributed by atoms with Crippen molar-refractivity contribution in [1.29, 1.82) is 5.26 Å². The van der Waals surface area contributed by atoms with Gasteiger partial charge < -0.3 is 4.74 Å². The van der Waals surface area contributed by atoms with E-state index in [1.165, 1.54) is 6.07 Å². The van der Waals surface area contributed by atoms with Crippen molar-refractivity contribution < 1.29 is 22.7 Å². The lowest BCUT2D eigenvalue weighted by Crippen LogP contribution is -2.07. The number of halogens is 4. The Morgan fingerprint density at radius 2 is 2.11 bits per heavy atom. The van der Waals surface area contributed by atoms with Crippen LogP contribution in [0.5, 0.6) is 0 Å². The number of hydrogen-bond acceptors (Lipinski definition) is 4. The number of rotatable bonds is 2. The number of ether oxygens (including phenoxy) is 1. The molecule has 96 valence electrons. The predicted molar refractivity (Wildman–Crippen MR) is 67.1 cm³/mol. The fourth-order valence-corrected chi connectivity index (χ4v) is 2.44. The van der Waals surface area contributed by atoms with Gasteiger partial charge in [-0.15, -0.1) is 0 Å². The average molecular weight is 387 g/mol. The fourth-order valence-electron chi connectivity index (χ4n) is 1.12. The van der Waals surface area contributed by atoms with Gasteiger partial charge in [0.15, 0.2) is 0 Å². The molecule has 8 heteroatoms. The van der Waals surface area contributed by atoms with Gasteiger partial charge in [0.25, 0.3) is 0 Å². The van der Waals surface area contributed by atoms with E-state index in [2.05, 4.69) is 4.74 Å². The molecule has 0 radical (unpaired) electrons.